The zero-order valence-electron chi connectivity index (χ0n) is 10.5. The molecule has 2 N–H and O–H groups in total. The molecule has 7 heteroatoms. The van der Waals surface area contributed by atoms with Crippen LogP contribution >= 0.6 is 23.8 Å². The van der Waals surface area contributed by atoms with Gasteiger partial charge in [0.05, 0.1) is 16.1 Å². The van der Waals surface area contributed by atoms with Crippen molar-refractivity contribution in [2.75, 3.05) is 6.54 Å². The van der Waals surface area contributed by atoms with Gasteiger partial charge in [0.25, 0.3) is 0 Å². The number of aromatic nitrogens is 2. The first kappa shape index (κ1) is 14.0. The molecule has 1 atom stereocenters. The van der Waals surface area contributed by atoms with Crippen molar-refractivity contribution >= 4 is 40.8 Å². The number of imidazole rings is 1. The van der Waals surface area contributed by atoms with Crippen molar-refractivity contribution in [1.29, 1.82) is 0 Å². The van der Waals surface area contributed by atoms with E-state index in [-0.39, 0.29) is 10.9 Å². The highest BCUT2D eigenvalue weighted by Crippen LogP contribution is 2.25. The number of nitrogens with zero attached hydrogens (tertiary/aromatic N) is 1. The number of rotatable bonds is 3. The number of hydrogen-bond donors (Lipinski definition) is 2. The maximum atomic E-state index is 13.4. The first-order chi connectivity index (χ1) is 8.95. The Morgan fingerprint density at radius 1 is 1.63 bits per heavy atom. The number of amides is 1. The van der Waals surface area contributed by atoms with Gasteiger partial charge < -0.3 is 14.9 Å². The van der Waals surface area contributed by atoms with Gasteiger partial charge in [0.15, 0.2) is 4.77 Å². The molecule has 1 amide bonds. The topological polar surface area (TPSA) is 49.8 Å². The van der Waals surface area contributed by atoms with E-state index in [1.807, 2.05) is 6.92 Å². The number of hydrogen-bond acceptors (Lipinski definition) is 2. The van der Waals surface area contributed by atoms with Gasteiger partial charge in [0.1, 0.15) is 11.9 Å². The number of carbonyl (C=O) groups excluding carboxylic acids is 1. The van der Waals surface area contributed by atoms with Crippen molar-refractivity contribution in [2.24, 2.45) is 0 Å². The van der Waals surface area contributed by atoms with Crippen LogP contribution in [0.4, 0.5) is 4.39 Å². The molecule has 0 aliphatic heterocycles. The Bertz CT molecular complexity index is 694. The Kier molecular flexibility index (Phi) is 3.91. The summed E-state index contributed by atoms with van der Waals surface area (Å²) in [5, 5.41) is 2.72. The number of H-pyrrole nitrogens is 1. The molecule has 0 aliphatic rings. The van der Waals surface area contributed by atoms with Gasteiger partial charge in [-0.3, -0.25) is 4.79 Å². The fourth-order valence-corrected chi connectivity index (χ4v) is 2.47. The summed E-state index contributed by atoms with van der Waals surface area (Å²) < 4.78 is 15.4. The lowest BCUT2D eigenvalue weighted by atomic mass is 10.2. The molecule has 0 spiro atoms. The van der Waals surface area contributed by atoms with Crippen LogP contribution < -0.4 is 5.32 Å². The number of nitrogens with one attached hydrogen (secondary N) is 2. The van der Waals surface area contributed by atoms with Crippen molar-refractivity contribution in [1.82, 2.24) is 14.9 Å². The van der Waals surface area contributed by atoms with E-state index in [9.17, 15) is 9.18 Å². The Morgan fingerprint density at radius 2 is 2.32 bits per heavy atom. The number of benzene rings is 1. The van der Waals surface area contributed by atoms with Crippen molar-refractivity contribution in [3.8, 4) is 0 Å². The first-order valence-electron chi connectivity index (χ1n) is 5.82. The van der Waals surface area contributed by atoms with Crippen molar-refractivity contribution in [3.05, 3.63) is 27.7 Å². The molecule has 0 radical (unpaired) electrons. The second-order valence-corrected chi connectivity index (χ2v) is 4.95. The van der Waals surface area contributed by atoms with Crippen LogP contribution in [0, 0.1) is 10.6 Å². The van der Waals surface area contributed by atoms with Crippen molar-refractivity contribution < 1.29 is 9.18 Å². The normalized spacial score (nSPS) is 12.6. The average molecular weight is 302 g/mol. The van der Waals surface area contributed by atoms with Crippen LogP contribution in [-0.2, 0) is 4.79 Å². The lowest BCUT2D eigenvalue weighted by molar-refractivity contribution is -0.123. The molecule has 102 valence electrons. The number of likely N-dealkylation sites (N-methyl/N-ethyl adjacent to an activating group) is 1. The van der Waals surface area contributed by atoms with Gasteiger partial charge in [-0.15, -0.1) is 0 Å². The highest BCUT2D eigenvalue weighted by molar-refractivity contribution is 7.71. The van der Waals surface area contributed by atoms with E-state index in [2.05, 4.69) is 10.3 Å². The van der Waals surface area contributed by atoms with Gasteiger partial charge in [0, 0.05) is 12.6 Å². The summed E-state index contributed by atoms with van der Waals surface area (Å²) in [5.41, 5.74) is 1.12. The first-order valence-corrected chi connectivity index (χ1v) is 6.61. The van der Waals surface area contributed by atoms with Crippen LogP contribution in [-0.4, -0.2) is 22.0 Å². The third-order valence-corrected chi connectivity index (χ3v) is 3.46. The predicted octanol–water partition coefficient (Wildman–Crippen LogP) is 3.19. The van der Waals surface area contributed by atoms with Gasteiger partial charge in [-0.05, 0) is 32.1 Å². The summed E-state index contributed by atoms with van der Waals surface area (Å²) in [7, 11) is 0. The van der Waals surface area contributed by atoms with Crippen LogP contribution in [0.15, 0.2) is 12.1 Å². The Morgan fingerprint density at radius 3 is 2.95 bits per heavy atom. The molecule has 2 rings (SSSR count). The standard InChI is InChI=1S/C12H13ClFN3OS/c1-3-15-11(18)6(2)17-10-4-7(13)8(14)5-9(10)16-12(17)19/h4-6H,3H2,1-2H3,(H,15,18)(H,16,19). The molecule has 1 aromatic carbocycles. The third-order valence-electron chi connectivity index (χ3n) is 2.88. The van der Waals surface area contributed by atoms with Gasteiger partial charge in [0.2, 0.25) is 5.91 Å². The van der Waals surface area contributed by atoms with Crippen LogP contribution in [0.3, 0.4) is 0 Å². The molecule has 2 aromatic rings. The van der Waals surface area contributed by atoms with Crippen LogP contribution in [0.1, 0.15) is 19.9 Å². The second kappa shape index (κ2) is 5.30. The minimum Gasteiger partial charge on any atom is -0.355 e. The van der Waals surface area contributed by atoms with Crippen molar-refractivity contribution in [2.45, 2.75) is 19.9 Å². The fourth-order valence-electron chi connectivity index (χ4n) is 1.94. The van der Waals surface area contributed by atoms with Gasteiger partial charge >= 0.3 is 0 Å². The van der Waals surface area contributed by atoms with Gasteiger partial charge in [-0.25, -0.2) is 4.39 Å². The minimum atomic E-state index is -0.525. The molecule has 1 unspecified atom stereocenters. The Labute approximate surface area is 119 Å². The van der Waals surface area contributed by atoms with Crippen LogP contribution in [0.2, 0.25) is 5.02 Å². The summed E-state index contributed by atoms with van der Waals surface area (Å²) in [6, 6.07) is 2.24. The SMILES string of the molecule is CCNC(=O)C(C)n1c(=S)[nH]c2cc(F)c(Cl)cc21. The van der Waals surface area contributed by atoms with E-state index in [1.165, 1.54) is 12.1 Å². The fraction of sp³-hybridized carbons (Fsp3) is 0.333. The minimum absolute atomic E-state index is 0.00153. The number of fused-ring (bicyclic) bond motifs is 1. The molecule has 0 saturated heterocycles. The van der Waals surface area contributed by atoms with Gasteiger partial charge in [-0.2, -0.15) is 0 Å². The van der Waals surface area contributed by atoms with Crippen LogP contribution in [0.25, 0.3) is 11.0 Å². The van der Waals surface area contributed by atoms with Crippen molar-refractivity contribution in [3.63, 3.8) is 0 Å². The predicted molar refractivity (Wildman–Crippen MR) is 75.5 cm³/mol. The average Bonchev–Trinajstić information content (AvgIpc) is 2.65. The summed E-state index contributed by atoms with van der Waals surface area (Å²) in [6.07, 6.45) is 0. The van der Waals surface area contributed by atoms with E-state index in [4.69, 9.17) is 23.8 Å². The Balaban J connectivity index is 2.60. The maximum Gasteiger partial charge on any atom is 0.242 e. The third kappa shape index (κ3) is 2.50. The second-order valence-electron chi connectivity index (χ2n) is 4.15. The highest BCUT2D eigenvalue weighted by Gasteiger charge is 2.18. The quantitative estimate of drug-likeness (QED) is 0.855. The van der Waals surface area contributed by atoms with E-state index < -0.39 is 11.9 Å². The molecule has 1 heterocycles. The molecule has 0 bridgehead atoms. The lowest BCUT2D eigenvalue weighted by Gasteiger charge is -2.14. The molecule has 0 aliphatic carbocycles. The summed E-state index contributed by atoms with van der Waals surface area (Å²) in [5.74, 6) is -0.678. The maximum absolute atomic E-state index is 13.4. The van der Waals surface area contributed by atoms with E-state index in [1.54, 1.807) is 11.5 Å². The van der Waals surface area contributed by atoms with E-state index in [0.29, 0.717) is 22.3 Å². The monoisotopic (exact) mass is 301 g/mol. The van der Waals surface area contributed by atoms with E-state index >= 15 is 0 Å². The highest BCUT2D eigenvalue weighted by atomic mass is 35.5. The molecular weight excluding hydrogens is 289 g/mol. The lowest BCUT2D eigenvalue weighted by Crippen LogP contribution is -2.30. The largest absolute Gasteiger partial charge is 0.355 e. The molecule has 19 heavy (non-hydrogen) atoms. The molecule has 0 saturated carbocycles. The zero-order chi connectivity index (χ0) is 14.2. The Hall–Kier alpha value is -1.40. The molecule has 1 aromatic heterocycles. The number of carbonyl (C=O) groups is 1. The van der Waals surface area contributed by atoms with E-state index in [0.717, 1.165) is 0 Å². The smallest absolute Gasteiger partial charge is 0.242 e. The molecule has 0 fully saturated rings. The molecule has 4 nitrogen and oxygen atoms in total. The number of aromatic amines is 1. The summed E-state index contributed by atoms with van der Waals surface area (Å²) in [6.45, 7) is 4.10. The van der Waals surface area contributed by atoms with Crippen LogP contribution in [0.5, 0.6) is 0 Å². The van der Waals surface area contributed by atoms with Gasteiger partial charge in [-0.1, -0.05) is 11.6 Å². The summed E-state index contributed by atoms with van der Waals surface area (Å²) in [4.78, 5) is 14.8. The zero-order valence-corrected chi connectivity index (χ0v) is 12.0. The number of halogens is 2. The molecular formula is C12H13ClFN3OS. The summed E-state index contributed by atoms with van der Waals surface area (Å²) >= 11 is 11.0.